The van der Waals surface area contributed by atoms with Crippen molar-refractivity contribution in [3.63, 3.8) is 0 Å². The number of hydrazine groups is 1. The summed E-state index contributed by atoms with van der Waals surface area (Å²) in [6.07, 6.45) is -2.51. The van der Waals surface area contributed by atoms with Crippen LogP contribution in [0.25, 0.3) is 0 Å². The van der Waals surface area contributed by atoms with E-state index >= 15 is 4.39 Å². The summed E-state index contributed by atoms with van der Waals surface area (Å²) < 4.78 is 34.2. The molecule has 0 aromatic carbocycles. The van der Waals surface area contributed by atoms with E-state index < -0.39 is 42.7 Å². The first kappa shape index (κ1) is 24.2. The molecule has 0 spiro atoms. The summed E-state index contributed by atoms with van der Waals surface area (Å²) in [6.45, 7) is 4.26. The zero-order valence-electron chi connectivity index (χ0n) is 19.3. The monoisotopic (exact) mass is 486 g/mol. The Morgan fingerprint density at radius 2 is 1.88 bits per heavy atom. The molecule has 0 saturated carbocycles. The van der Waals surface area contributed by atoms with Crippen LogP contribution in [0.4, 0.5) is 8.78 Å². The molecule has 11 nitrogen and oxygen atoms in total. The van der Waals surface area contributed by atoms with Crippen molar-refractivity contribution < 1.29 is 23.1 Å². The molecule has 5 heterocycles. The summed E-state index contributed by atoms with van der Waals surface area (Å²) in [7, 11) is 0. The van der Waals surface area contributed by atoms with E-state index in [0.29, 0.717) is 45.9 Å². The highest BCUT2D eigenvalue weighted by molar-refractivity contribution is 5.81. The fraction of sp³-hybridized carbons (Fsp3) is 0.905. The van der Waals surface area contributed by atoms with Gasteiger partial charge in [0.15, 0.2) is 0 Å². The summed E-state index contributed by atoms with van der Waals surface area (Å²) in [5.74, 6) is -0.863. The molecular formula is C21H36F2N8O3. The van der Waals surface area contributed by atoms with Gasteiger partial charge in [-0.2, -0.15) is 0 Å². The number of hydrogen-bond donors (Lipinski definition) is 5. The molecular weight excluding hydrogens is 450 g/mol. The minimum atomic E-state index is -1.16. The molecule has 8 unspecified atom stereocenters. The second-order valence-electron chi connectivity index (χ2n) is 9.99. The molecule has 0 aromatic rings. The summed E-state index contributed by atoms with van der Waals surface area (Å²) in [4.78, 5) is 29.9. The van der Waals surface area contributed by atoms with Gasteiger partial charge in [0.2, 0.25) is 11.8 Å². The van der Waals surface area contributed by atoms with Gasteiger partial charge in [0.25, 0.3) is 0 Å². The predicted octanol–water partition coefficient (Wildman–Crippen LogP) is -3.05. The number of hydrogen-bond acceptors (Lipinski definition) is 9. The highest BCUT2D eigenvalue weighted by Crippen LogP contribution is 2.24. The number of amides is 2. The van der Waals surface area contributed by atoms with Gasteiger partial charge in [-0.1, -0.05) is 0 Å². The zero-order valence-corrected chi connectivity index (χ0v) is 19.3. The second-order valence-corrected chi connectivity index (χ2v) is 9.99. The van der Waals surface area contributed by atoms with Crippen molar-refractivity contribution in [1.82, 2.24) is 36.2 Å². The third kappa shape index (κ3) is 4.79. The molecule has 6 N–H and O–H groups in total. The molecule has 0 bridgehead atoms. The molecule has 8 atom stereocenters. The molecule has 0 aromatic heterocycles. The predicted molar refractivity (Wildman–Crippen MR) is 119 cm³/mol. The number of nitrogens with two attached hydrogens (primary N) is 1. The number of alkyl halides is 2. The minimum Gasteiger partial charge on any atom is -0.381 e. The van der Waals surface area contributed by atoms with Crippen LogP contribution in [-0.4, -0.2) is 129 Å². The molecule has 0 radical (unpaired) electrons. The molecule has 5 aliphatic heterocycles. The first-order valence-electron chi connectivity index (χ1n) is 12.3. The van der Waals surface area contributed by atoms with E-state index in [9.17, 15) is 14.0 Å². The SMILES string of the molecule is NC1NN2CC(F)CNC2C1C(=O)NC1CNCC(F)C1N1CCN(C(=O)C2CCOC2)CC1. The van der Waals surface area contributed by atoms with Gasteiger partial charge in [-0.25, -0.2) is 19.2 Å². The number of nitrogens with zero attached hydrogens (tertiary/aromatic N) is 3. The Morgan fingerprint density at radius 3 is 2.62 bits per heavy atom. The number of fused-ring (bicyclic) bond motifs is 1. The molecule has 2 amide bonds. The lowest BCUT2D eigenvalue weighted by molar-refractivity contribution is -0.138. The largest absolute Gasteiger partial charge is 0.381 e. The van der Waals surface area contributed by atoms with Crippen molar-refractivity contribution in [2.24, 2.45) is 17.6 Å². The van der Waals surface area contributed by atoms with E-state index in [0.717, 1.165) is 6.42 Å². The molecule has 5 fully saturated rings. The van der Waals surface area contributed by atoms with Crippen molar-refractivity contribution in [3.8, 4) is 0 Å². The lowest BCUT2D eigenvalue weighted by Crippen LogP contribution is -2.68. The summed E-state index contributed by atoms with van der Waals surface area (Å²) in [6, 6.07) is -0.936. The van der Waals surface area contributed by atoms with Crippen LogP contribution >= 0.6 is 0 Å². The molecule has 5 aliphatic rings. The molecule has 34 heavy (non-hydrogen) atoms. The standard InChI is InChI=1S/C21H36F2N8O3/c22-13-7-26-19-16(18(24)28-31(19)10-13)20(32)27-15-9-25-8-14(23)17(15)29-2-4-30(5-3-29)21(33)12-1-6-34-11-12/h12-19,25-26,28H,1-11,24H2,(H,27,32). The topological polar surface area (TPSA) is 127 Å². The lowest BCUT2D eigenvalue weighted by Gasteiger charge is -2.46. The average Bonchev–Trinajstić information content (AvgIpc) is 3.46. The average molecular weight is 487 g/mol. The van der Waals surface area contributed by atoms with E-state index in [1.165, 1.54) is 0 Å². The number of carbonyl (C=O) groups excluding carboxylic acids is 2. The van der Waals surface area contributed by atoms with E-state index in [1.54, 1.807) is 5.01 Å². The summed E-state index contributed by atoms with van der Waals surface area (Å²) in [5.41, 5.74) is 9.15. The van der Waals surface area contributed by atoms with Gasteiger partial charge in [-0.3, -0.25) is 19.8 Å². The van der Waals surface area contributed by atoms with Crippen LogP contribution in [-0.2, 0) is 14.3 Å². The Morgan fingerprint density at radius 1 is 1.09 bits per heavy atom. The van der Waals surface area contributed by atoms with Gasteiger partial charge in [-0.05, 0) is 6.42 Å². The van der Waals surface area contributed by atoms with Gasteiger partial charge in [-0.15, -0.1) is 0 Å². The Bertz CT molecular complexity index is 752. The van der Waals surface area contributed by atoms with Gasteiger partial charge < -0.3 is 26.0 Å². The van der Waals surface area contributed by atoms with E-state index in [-0.39, 0.29) is 37.4 Å². The highest BCUT2D eigenvalue weighted by Gasteiger charge is 2.48. The third-order valence-corrected chi connectivity index (χ3v) is 7.76. The van der Waals surface area contributed by atoms with Crippen LogP contribution in [0, 0.1) is 11.8 Å². The quantitative estimate of drug-likeness (QED) is 0.282. The fourth-order valence-corrected chi connectivity index (χ4v) is 5.98. The van der Waals surface area contributed by atoms with Crippen molar-refractivity contribution in [1.29, 1.82) is 0 Å². The number of nitrogens with one attached hydrogen (secondary N) is 4. The van der Waals surface area contributed by atoms with Crippen molar-refractivity contribution in [2.75, 3.05) is 65.6 Å². The van der Waals surface area contributed by atoms with Gasteiger partial charge in [0.05, 0.1) is 42.9 Å². The van der Waals surface area contributed by atoms with Crippen LogP contribution in [0.3, 0.4) is 0 Å². The number of rotatable bonds is 4. The first-order valence-corrected chi connectivity index (χ1v) is 12.3. The zero-order chi connectivity index (χ0) is 23.8. The smallest absolute Gasteiger partial charge is 0.229 e. The summed E-state index contributed by atoms with van der Waals surface area (Å²) >= 11 is 0. The van der Waals surface area contributed by atoms with Crippen LogP contribution in [0.5, 0.6) is 0 Å². The molecule has 5 rings (SSSR count). The Labute approximate surface area is 198 Å². The second kappa shape index (κ2) is 10.2. The van der Waals surface area contributed by atoms with Gasteiger partial charge >= 0.3 is 0 Å². The normalized spacial score (nSPS) is 41.9. The molecule has 5 saturated heterocycles. The van der Waals surface area contributed by atoms with Crippen LogP contribution < -0.4 is 27.1 Å². The van der Waals surface area contributed by atoms with Crippen molar-refractivity contribution >= 4 is 11.8 Å². The van der Waals surface area contributed by atoms with Crippen molar-refractivity contribution in [3.05, 3.63) is 0 Å². The van der Waals surface area contributed by atoms with E-state index in [4.69, 9.17) is 10.5 Å². The van der Waals surface area contributed by atoms with Crippen LogP contribution in [0.15, 0.2) is 0 Å². The van der Waals surface area contributed by atoms with E-state index in [1.807, 2.05) is 4.90 Å². The number of ether oxygens (including phenoxy) is 1. The third-order valence-electron chi connectivity index (χ3n) is 7.76. The minimum absolute atomic E-state index is 0.0729. The van der Waals surface area contributed by atoms with Gasteiger partial charge in [0, 0.05) is 59.0 Å². The molecule has 0 aliphatic carbocycles. The number of piperazine rings is 1. The Kier molecular flexibility index (Phi) is 7.30. The number of halogens is 2. The highest BCUT2D eigenvalue weighted by atomic mass is 19.1. The van der Waals surface area contributed by atoms with Crippen molar-refractivity contribution in [2.45, 2.75) is 43.2 Å². The maximum absolute atomic E-state index is 15.1. The van der Waals surface area contributed by atoms with E-state index in [2.05, 4.69) is 26.3 Å². The maximum Gasteiger partial charge on any atom is 0.229 e. The first-order chi connectivity index (χ1) is 16.4. The Hall–Kier alpha value is -1.48. The maximum atomic E-state index is 15.1. The van der Waals surface area contributed by atoms with Gasteiger partial charge in [0.1, 0.15) is 12.3 Å². The Balaban J connectivity index is 1.20. The molecule has 13 heteroatoms. The number of piperidine rings is 1. The summed E-state index contributed by atoms with van der Waals surface area (Å²) in [5, 5.41) is 10.8. The lowest BCUT2D eigenvalue weighted by atomic mass is 9.94. The molecule has 192 valence electrons. The van der Waals surface area contributed by atoms with Crippen LogP contribution in [0.2, 0.25) is 0 Å². The number of carbonyl (C=O) groups is 2. The van der Waals surface area contributed by atoms with Crippen LogP contribution in [0.1, 0.15) is 6.42 Å². The fourth-order valence-electron chi connectivity index (χ4n) is 5.98.